The molecule has 1 aromatic carbocycles. The molecule has 0 aromatic heterocycles. The molecule has 0 atom stereocenters. The SMILES string of the molecule is CN(CCCCCC(=O)O)/[N+]([O-])=N\OCN1C(=O)c2ccccc2C1=O. The summed E-state index contributed by atoms with van der Waals surface area (Å²) in [6, 6.07) is 6.41. The van der Waals surface area contributed by atoms with Gasteiger partial charge in [0.2, 0.25) is 12.0 Å². The molecule has 1 aromatic rings. The van der Waals surface area contributed by atoms with E-state index in [2.05, 4.69) is 5.28 Å². The summed E-state index contributed by atoms with van der Waals surface area (Å²) in [5.74, 6) is -1.84. The van der Waals surface area contributed by atoms with Crippen LogP contribution in [0, 0.1) is 5.21 Å². The third kappa shape index (κ3) is 4.68. The second-order valence-corrected chi connectivity index (χ2v) is 5.76. The number of hydrazine groups is 1. The fraction of sp³-hybridized carbons (Fsp3) is 0.438. The minimum absolute atomic E-state index is 0.0958. The van der Waals surface area contributed by atoms with Crippen molar-refractivity contribution in [3.05, 3.63) is 40.6 Å². The highest BCUT2D eigenvalue weighted by molar-refractivity contribution is 6.21. The molecule has 0 bridgehead atoms. The molecular formula is C16H20N4O6. The summed E-state index contributed by atoms with van der Waals surface area (Å²) in [6.45, 7) is -0.0967. The van der Waals surface area contributed by atoms with Crippen LogP contribution in [0.5, 0.6) is 0 Å². The molecule has 26 heavy (non-hydrogen) atoms. The topological polar surface area (TPSA) is 126 Å². The van der Waals surface area contributed by atoms with Crippen molar-refractivity contribution in [2.24, 2.45) is 5.28 Å². The molecule has 0 fully saturated rings. The van der Waals surface area contributed by atoms with Crippen molar-refractivity contribution in [1.82, 2.24) is 9.91 Å². The maximum Gasteiger partial charge on any atom is 0.303 e. The number of carbonyl (C=O) groups excluding carboxylic acids is 2. The third-order valence-corrected chi connectivity index (χ3v) is 3.86. The Morgan fingerprint density at radius 2 is 1.85 bits per heavy atom. The van der Waals surface area contributed by atoms with Gasteiger partial charge in [-0.05, 0) is 25.0 Å². The van der Waals surface area contributed by atoms with Gasteiger partial charge in [0, 0.05) is 6.42 Å². The molecule has 1 aliphatic heterocycles. The van der Waals surface area contributed by atoms with Crippen molar-refractivity contribution in [2.45, 2.75) is 25.7 Å². The minimum atomic E-state index is -0.847. The predicted molar refractivity (Wildman–Crippen MR) is 87.7 cm³/mol. The van der Waals surface area contributed by atoms with E-state index in [4.69, 9.17) is 9.94 Å². The summed E-state index contributed by atoms with van der Waals surface area (Å²) in [5.41, 5.74) is 0.581. The van der Waals surface area contributed by atoms with Crippen molar-refractivity contribution in [2.75, 3.05) is 20.3 Å². The van der Waals surface area contributed by atoms with Gasteiger partial charge in [-0.15, -0.1) is 5.01 Å². The molecule has 2 rings (SSSR count). The van der Waals surface area contributed by atoms with Gasteiger partial charge in [0.05, 0.1) is 29.7 Å². The van der Waals surface area contributed by atoms with E-state index in [-0.39, 0.29) is 11.4 Å². The van der Waals surface area contributed by atoms with Gasteiger partial charge in [0.15, 0.2) is 0 Å². The van der Waals surface area contributed by atoms with Crippen LogP contribution in [0.4, 0.5) is 0 Å². The monoisotopic (exact) mass is 364 g/mol. The first-order valence-corrected chi connectivity index (χ1v) is 8.10. The zero-order valence-electron chi connectivity index (χ0n) is 14.3. The molecule has 0 aliphatic carbocycles. The Morgan fingerprint density at radius 3 is 2.42 bits per heavy atom. The number of carbonyl (C=O) groups is 3. The number of carboxylic acids is 1. The van der Waals surface area contributed by atoms with Gasteiger partial charge < -0.3 is 15.2 Å². The van der Waals surface area contributed by atoms with E-state index in [1.54, 1.807) is 24.3 Å². The largest absolute Gasteiger partial charge is 0.569 e. The van der Waals surface area contributed by atoms with E-state index in [1.165, 1.54) is 12.1 Å². The smallest absolute Gasteiger partial charge is 0.303 e. The summed E-state index contributed by atoms with van der Waals surface area (Å²) in [5, 5.41) is 24.8. The van der Waals surface area contributed by atoms with Crippen LogP contribution in [0.25, 0.3) is 0 Å². The fourth-order valence-corrected chi connectivity index (χ4v) is 2.43. The maximum absolute atomic E-state index is 12.1. The molecule has 1 heterocycles. The lowest BCUT2D eigenvalue weighted by atomic mass is 10.1. The molecule has 0 unspecified atom stereocenters. The predicted octanol–water partition coefficient (Wildman–Crippen LogP) is 1.63. The number of imide groups is 1. The molecule has 0 radical (unpaired) electrons. The number of fused-ring (bicyclic) bond motifs is 1. The number of carboxylic acid groups (broad SMARTS) is 1. The zero-order chi connectivity index (χ0) is 19.1. The Balaban J connectivity index is 1.76. The number of amides is 2. The molecule has 0 saturated heterocycles. The Bertz CT molecular complexity index is 685. The number of rotatable bonds is 10. The van der Waals surface area contributed by atoms with Gasteiger partial charge in [-0.3, -0.25) is 14.4 Å². The number of benzene rings is 1. The van der Waals surface area contributed by atoms with Crippen molar-refractivity contribution < 1.29 is 29.3 Å². The number of hydrogen-bond acceptors (Lipinski definition) is 6. The maximum atomic E-state index is 12.1. The summed E-state index contributed by atoms with van der Waals surface area (Å²) >= 11 is 0. The van der Waals surface area contributed by atoms with Crippen LogP contribution in [-0.2, 0) is 9.63 Å². The van der Waals surface area contributed by atoms with E-state index in [1.807, 2.05) is 0 Å². The number of hydrogen-bond donors (Lipinski definition) is 1. The lowest BCUT2D eigenvalue weighted by molar-refractivity contribution is -0.705. The van der Waals surface area contributed by atoms with Crippen LogP contribution in [-0.4, -0.2) is 58.1 Å². The molecule has 140 valence electrons. The van der Waals surface area contributed by atoms with Crippen molar-refractivity contribution in [3.8, 4) is 0 Å². The van der Waals surface area contributed by atoms with Crippen LogP contribution in [0.15, 0.2) is 29.5 Å². The molecule has 2 amide bonds. The average Bonchev–Trinajstić information content (AvgIpc) is 2.86. The van der Waals surface area contributed by atoms with Crippen molar-refractivity contribution in [3.63, 3.8) is 0 Å². The van der Waals surface area contributed by atoms with Gasteiger partial charge in [-0.2, -0.15) is 0 Å². The average molecular weight is 364 g/mol. The highest BCUT2D eigenvalue weighted by atomic mass is 16.7. The number of nitrogens with zero attached hydrogens (tertiary/aromatic N) is 4. The second kappa shape index (κ2) is 8.79. The van der Waals surface area contributed by atoms with Gasteiger partial charge in [-0.25, -0.2) is 4.90 Å². The number of unbranched alkanes of at least 4 members (excludes halogenated alkanes) is 2. The van der Waals surface area contributed by atoms with E-state index >= 15 is 0 Å². The van der Waals surface area contributed by atoms with Crippen molar-refractivity contribution in [1.29, 1.82) is 0 Å². The lowest BCUT2D eigenvalue weighted by Gasteiger charge is -2.14. The van der Waals surface area contributed by atoms with Crippen LogP contribution >= 0.6 is 0 Å². The second-order valence-electron chi connectivity index (χ2n) is 5.76. The Hall–Kier alpha value is -3.17. The van der Waals surface area contributed by atoms with E-state index < -0.39 is 24.5 Å². The summed E-state index contributed by atoms with van der Waals surface area (Å²) in [6.07, 6.45) is 1.92. The molecular weight excluding hydrogens is 344 g/mol. The highest BCUT2D eigenvalue weighted by Crippen LogP contribution is 2.22. The van der Waals surface area contributed by atoms with Crippen LogP contribution < -0.4 is 0 Å². The molecule has 1 N–H and O–H groups in total. The molecule has 10 heteroatoms. The Kier molecular flexibility index (Phi) is 6.48. The van der Waals surface area contributed by atoms with Gasteiger partial charge in [0.1, 0.15) is 0 Å². The highest BCUT2D eigenvalue weighted by Gasteiger charge is 2.35. The standard InChI is InChI=1S/C16H20N4O6/c1-18(10-6-2-3-9-14(21)22)20(25)17-26-11-19-15(23)12-7-4-5-8-13(12)16(19)24/h4-5,7-8H,2-3,6,9-11H2,1H3,(H,21,22)/b20-17+. The van der Waals surface area contributed by atoms with Crippen LogP contribution in [0.1, 0.15) is 46.4 Å². The first-order chi connectivity index (χ1) is 12.4. The van der Waals surface area contributed by atoms with Crippen LogP contribution in [0.3, 0.4) is 0 Å². The Morgan fingerprint density at radius 1 is 1.23 bits per heavy atom. The number of aliphatic carboxylic acids is 1. The zero-order valence-corrected chi connectivity index (χ0v) is 14.3. The molecule has 10 nitrogen and oxygen atoms in total. The summed E-state index contributed by atoms with van der Waals surface area (Å²) in [4.78, 5) is 40.5. The summed E-state index contributed by atoms with van der Waals surface area (Å²) in [7, 11) is 1.50. The third-order valence-electron chi connectivity index (χ3n) is 3.86. The first kappa shape index (κ1) is 19.2. The Labute approximate surface area is 149 Å². The minimum Gasteiger partial charge on any atom is -0.569 e. The van der Waals surface area contributed by atoms with Gasteiger partial charge in [-0.1, -0.05) is 18.6 Å². The lowest BCUT2D eigenvalue weighted by Crippen LogP contribution is -2.32. The first-order valence-electron chi connectivity index (χ1n) is 8.10. The summed E-state index contributed by atoms with van der Waals surface area (Å²) < 4.78 is 0. The molecule has 0 spiro atoms. The van der Waals surface area contributed by atoms with Gasteiger partial charge in [0.25, 0.3) is 11.8 Å². The normalized spacial score (nSPS) is 13.7. The van der Waals surface area contributed by atoms with Crippen LogP contribution in [0.2, 0.25) is 0 Å². The van der Waals surface area contributed by atoms with Gasteiger partial charge >= 0.3 is 5.97 Å². The van der Waals surface area contributed by atoms with E-state index in [0.717, 1.165) is 4.90 Å². The quantitative estimate of drug-likeness (QED) is 0.220. The molecule has 0 saturated carbocycles. The van der Waals surface area contributed by atoms with E-state index in [0.29, 0.717) is 36.9 Å². The fourth-order valence-electron chi connectivity index (χ4n) is 2.43. The van der Waals surface area contributed by atoms with Crippen molar-refractivity contribution >= 4 is 17.8 Å². The molecule has 1 aliphatic rings. The van der Waals surface area contributed by atoms with E-state index in [9.17, 15) is 19.6 Å².